The van der Waals surface area contributed by atoms with Gasteiger partial charge in [0.2, 0.25) is 5.89 Å². The summed E-state index contributed by atoms with van der Waals surface area (Å²) in [6.07, 6.45) is 1.75. The summed E-state index contributed by atoms with van der Waals surface area (Å²) in [5.74, 6) is -1.65. The number of rotatable bonds is 3. The molecule has 1 aromatic carbocycles. The van der Waals surface area contributed by atoms with Crippen molar-refractivity contribution in [3.8, 4) is 11.5 Å². The molecule has 0 saturated heterocycles. The van der Waals surface area contributed by atoms with E-state index in [1.807, 2.05) is 0 Å². The molecule has 1 aromatic heterocycles. The highest BCUT2D eigenvalue weighted by molar-refractivity contribution is 5.53. The van der Waals surface area contributed by atoms with Crippen molar-refractivity contribution in [3.63, 3.8) is 0 Å². The number of nitrogens with zero attached hydrogens (tertiary/aromatic N) is 1. The molecule has 0 saturated carbocycles. The Balaban J connectivity index is 2.31. The number of aliphatic hydroxyl groups is 1. The van der Waals surface area contributed by atoms with Gasteiger partial charge in [0.1, 0.15) is 6.26 Å². The fourth-order valence-corrected chi connectivity index (χ4v) is 1.30. The van der Waals surface area contributed by atoms with Crippen molar-refractivity contribution in [1.82, 2.24) is 4.98 Å². The largest absolute Gasteiger partial charge is 0.444 e. The van der Waals surface area contributed by atoms with Crippen LogP contribution in [0.3, 0.4) is 0 Å². The highest BCUT2D eigenvalue weighted by Crippen LogP contribution is 2.20. The van der Waals surface area contributed by atoms with Crippen LogP contribution in [0.5, 0.6) is 0 Å². The topological polar surface area (TPSA) is 46.3 Å². The van der Waals surface area contributed by atoms with E-state index in [2.05, 4.69) is 4.98 Å². The Hall–Kier alpha value is -1.75. The van der Waals surface area contributed by atoms with Gasteiger partial charge < -0.3 is 9.52 Å². The molecule has 0 bridgehead atoms. The van der Waals surface area contributed by atoms with Crippen LogP contribution in [0.25, 0.3) is 11.5 Å². The molecule has 0 fully saturated rings. The molecule has 0 radical (unpaired) electrons. The van der Waals surface area contributed by atoms with Crippen molar-refractivity contribution < 1.29 is 18.3 Å². The fraction of sp³-hybridized carbons (Fsp3) is 0.182. The van der Waals surface area contributed by atoms with E-state index in [0.29, 0.717) is 17.7 Å². The fourth-order valence-electron chi connectivity index (χ4n) is 1.30. The number of hydrogen-bond acceptors (Lipinski definition) is 3. The van der Waals surface area contributed by atoms with Crippen LogP contribution in [0, 0.1) is 11.6 Å². The van der Waals surface area contributed by atoms with Crippen LogP contribution in [0.2, 0.25) is 0 Å². The molecule has 1 heterocycles. The van der Waals surface area contributed by atoms with Crippen molar-refractivity contribution in [2.24, 2.45) is 0 Å². The van der Waals surface area contributed by atoms with Crippen LogP contribution in [-0.4, -0.2) is 16.7 Å². The van der Waals surface area contributed by atoms with Crippen molar-refractivity contribution >= 4 is 0 Å². The Morgan fingerprint density at radius 3 is 2.75 bits per heavy atom. The zero-order valence-electron chi connectivity index (χ0n) is 8.28. The minimum absolute atomic E-state index is 0.0379. The first-order chi connectivity index (χ1) is 7.70. The van der Waals surface area contributed by atoms with E-state index >= 15 is 0 Å². The maximum absolute atomic E-state index is 12.9. The van der Waals surface area contributed by atoms with Gasteiger partial charge in [-0.15, -0.1) is 0 Å². The van der Waals surface area contributed by atoms with E-state index in [-0.39, 0.29) is 12.5 Å². The first-order valence-electron chi connectivity index (χ1n) is 4.71. The Kier molecular flexibility index (Phi) is 2.96. The minimum Gasteiger partial charge on any atom is -0.444 e. The molecule has 16 heavy (non-hydrogen) atoms. The molecule has 0 aliphatic carbocycles. The van der Waals surface area contributed by atoms with Crippen LogP contribution in [-0.2, 0) is 6.42 Å². The van der Waals surface area contributed by atoms with Crippen molar-refractivity contribution in [1.29, 1.82) is 0 Å². The second-order valence-corrected chi connectivity index (χ2v) is 3.25. The van der Waals surface area contributed by atoms with Gasteiger partial charge >= 0.3 is 0 Å². The van der Waals surface area contributed by atoms with E-state index in [0.717, 1.165) is 12.1 Å². The number of aliphatic hydroxyl groups excluding tert-OH is 1. The smallest absolute Gasteiger partial charge is 0.226 e. The number of hydrogen-bond donors (Lipinski definition) is 1. The number of halogens is 2. The van der Waals surface area contributed by atoms with Gasteiger partial charge in [-0.25, -0.2) is 13.8 Å². The lowest BCUT2D eigenvalue weighted by Crippen LogP contribution is -1.90. The predicted molar refractivity (Wildman–Crippen MR) is 52.6 cm³/mol. The highest BCUT2D eigenvalue weighted by Gasteiger charge is 2.09. The quantitative estimate of drug-likeness (QED) is 0.870. The zero-order chi connectivity index (χ0) is 11.5. The lowest BCUT2D eigenvalue weighted by atomic mass is 10.2. The molecular formula is C11H9F2NO2. The molecule has 5 heteroatoms. The molecule has 0 aliphatic heterocycles. The monoisotopic (exact) mass is 225 g/mol. The molecule has 0 amide bonds. The molecule has 0 spiro atoms. The second kappa shape index (κ2) is 4.40. The van der Waals surface area contributed by atoms with Crippen LogP contribution >= 0.6 is 0 Å². The van der Waals surface area contributed by atoms with Crippen molar-refractivity contribution in [3.05, 3.63) is 41.8 Å². The van der Waals surface area contributed by atoms with Gasteiger partial charge in [0.25, 0.3) is 0 Å². The molecule has 3 nitrogen and oxygen atoms in total. The maximum Gasteiger partial charge on any atom is 0.226 e. The normalized spacial score (nSPS) is 10.7. The summed E-state index contributed by atoms with van der Waals surface area (Å²) in [6, 6.07) is 3.41. The number of oxazole rings is 1. The summed E-state index contributed by atoms with van der Waals surface area (Å²) in [6.45, 7) is -0.0379. The highest BCUT2D eigenvalue weighted by atomic mass is 19.2. The Bertz CT molecular complexity index is 496. The molecule has 0 unspecified atom stereocenters. The summed E-state index contributed by atoms with van der Waals surface area (Å²) in [7, 11) is 0. The molecule has 2 rings (SSSR count). The van der Waals surface area contributed by atoms with E-state index in [4.69, 9.17) is 9.52 Å². The van der Waals surface area contributed by atoms with Crippen LogP contribution in [0.15, 0.2) is 28.9 Å². The zero-order valence-corrected chi connectivity index (χ0v) is 8.28. The third-order valence-corrected chi connectivity index (χ3v) is 2.09. The standard InChI is InChI=1S/C11H9F2NO2/c12-9-2-1-7(5-10(9)13)11-14-8(3-4-15)6-16-11/h1-2,5-6,15H,3-4H2. The third-order valence-electron chi connectivity index (χ3n) is 2.09. The lowest BCUT2D eigenvalue weighted by Gasteiger charge is -1.96. The summed E-state index contributed by atoms with van der Waals surface area (Å²) >= 11 is 0. The van der Waals surface area contributed by atoms with Crippen LogP contribution in [0.4, 0.5) is 8.78 Å². The Labute approximate surface area is 90.4 Å². The Morgan fingerprint density at radius 1 is 1.25 bits per heavy atom. The van der Waals surface area contributed by atoms with Gasteiger partial charge in [0.15, 0.2) is 11.6 Å². The van der Waals surface area contributed by atoms with E-state index in [9.17, 15) is 8.78 Å². The van der Waals surface area contributed by atoms with Gasteiger partial charge in [-0.2, -0.15) is 0 Å². The van der Waals surface area contributed by atoms with Crippen LogP contribution in [0.1, 0.15) is 5.69 Å². The first-order valence-corrected chi connectivity index (χ1v) is 4.71. The first kappa shape index (κ1) is 10.8. The minimum atomic E-state index is -0.945. The SMILES string of the molecule is OCCc1coc(-c2ccc(F)c(F)c2)n1. The summed E-state index contributed by atoms with van der Waals surface area (Å²) < 4.78 is 30.7. The maximum atomic E-state index is 12.9. The van der Waals surface area contributed by atoms with Gasteiger partial charge in [-0.1, -0.05) is 0 Å². The van der Waals surface area contributed by atoms with Crippen LogP contribution < -0.4 is 0 Å². The summed E-state index contributed by atoms with van der Waals surface area (Å²) in [4.78, 5) is 4.03. The third kappa shape index (κ3) is 2.09. The van der Waals surface area contributed by atoms with E-state index in [1.54, 1.807) is 0 Å². The molecule has 2 aromatic rings. The molecule has 0 atom stereocenters. The molecule has 1 N–H and O–H groups in total. The van der Waals surface area contributed by atoms with Gasteiger partial charge in [-0.3, -0.25) is 0 Å². The van der Waals surface area contributed by atoms with Gasteiger partial charge in [0, 0.05) is 18.6 Å². The van der Waals surface area contributed by atoms with E-state index < -0.39 is 11.6 Å². The summed E-state index contributed by atoms with van der Waals surface area (Å²) in [5.41, 5.74) is 0.935. The summed E-state index contributed by atoms with van der Waals surface area (Å²) in [5, 5.41) is 8.69. The van der Waals surface area contributed by atoms with Crippen molar-refractivity contribution in [2.75, 3.05) is 6.61 Å². The second-order valence-electron chi connectivity index (χ2n) is 3.25. The van der Waals surface area contributed by atoms with E-state index in [1.165, 1.54) is 12.3 Å². The van der Waals surface area contributed by atoms with Gasteiger partial charge in [-0.05, 0) is 18.2 Å². The number of benzene rings is 1. The molecule has 0 aliphatic rings. The predicted octanol–water partition coefficient (Wildman–Crippen LogP) is 2.15. The molecule has 84 valence electrons. The average molecular weight is 225 g/mol. The average Bonchev–Trinajstić information content (AvgIpc) is 2.71. The lowest BCUT2D eigenvalue weighted by molar-refractivity contribution is 0.298. The van der Waals surface area contributed by atoms with Crippen molar-refractivity contribution in [2.45, 2.75) is 6.42 Å². The molecular weight excluding hydrogens is 216 g/mol. The number of aromatic nitrogens is 1. The van der Waals surface area contributed by atoms with Gasteiger partial charge in [0.05, 0.1) is 5.69 Å². The Morgan fingerprint density at radius 2 is 2.06 bits per heavy atom.